The number of hydrogen-bond donors (Lipinski definition) is 0. The van der Waals surface area contributed by atoms with Gasteiger partial charge in [-0.3, -0.25) is 19.3 Å². The van der Waals surface area contributed by atoms with E-state index in [1.165, 1.54) is 0 Å². The number of hydrogen-bond acceptors (Lipinski definition) is 6. The van der Waals surface area contributed by atoms with Crippen molar-refractivity contribution in [2.24, 2.45) is 0 Å². The number of thioether (sulfide) groups is 1. The molecule has 3 rings (SSSR count). The summed E-state index contributed by atoms with van der Waals surface area (Å²) >= 11 is 0.853. The summed E-state index contributed by atoms with van der Waals surface area (Å²) in [5, 5.41) is -0.415. The molecule has 0 spiro atoms. The molecule has 0 aromatic heterocycles. The van der Waals surface area contributed by atoms with E-state index >= 15 is 0 Å². The third-order valence-corrected chi connectivity index (χ3v) is 5.82. The Bertz CT molecular complexity index is 815. The van der Waals surface area contributed by atoms with E-state index in [1.807, 2.05) is 6.92 Å². The highest BCUT2D eigenvalue weighted by Gasteiger charge is 2.37. The van der Waals surface area contributed by atoms with Gasteiger partial charge in [-0.15, -0.1) is 0 Å². The van der Waals surface area contributed by atoms with Crippen LogP contribution < -0.4 is 9.47 Å². The van der Waals surface area contributed by atoms with Gasteiger partial charge in [-0.2, -0.15) is 0 Å². The Hall–Kier alpha value is -2.48. The number of carbonyl (C=O) groups is 3. The zero-order valence-corrected chi connectivity index (χ0v) is 17.6. The van der Waals surface area contributed by atoms with Crippen molar-refractivity contribution in [1.82, 2.24) is 9.80 Å². The lowest BCUT2D eigenvalue weighted by atomic mass is 10.2. The van der Waals surface area contributed by atoms with Gasteiger partial charge in [0.05, 0.1) is 18.6 Å². The number of carbonyl (C=O) groups excluding carboxylic acids is 3. The van der Waals surface area contributed by atoms with Crippen LogP contribution in [0.1, 0.15) is 38.2 Å². The van der Waals surface area contributed by atoms with Crippen molar-refractivity contribution in [2.75, 3.05) is 33.4 Å². The van der Waals surface area contributed by atoms with E-state index in [0.717, 1.165) is 47.9 Å². The molecular weight excluding hydrogens is 392 g/mol. The summed E-state index contributed by atoms with van der Waals surface area (Å²) in [6, 6.07) is 5.31. The van der Waals surface area contributed by atoms with Crippen molar-refractivity contribution >= 4 is 34.9 Å². The van der Waals surface area contributed by atoms with Gasteiger partial charge in [-0.25, -0.2) is 0 Å². The van der Waals surface area contributed by atoms with Crippen LogP contribution in [-0.4, -0.2) is 60.2 Å². The molecule has 0 N–H and O–H groups in total. The summed E-state index contributed by atoms with van der Waals surface area (Å²) in [7, 11) is 1.55. The molecule has 2 fully saturated rings. The topological polar surface area (TPSA) is 76.2 Å². The van der Waals surface area contributed by atoms with E-state index in [1.54, 1.807) is 36.3 Å². The van der Waals surface area contributed by atoms with Gasteiger partial charge in [-0.05, 0) is 55.3 Å². The molecule has 7 nitrogen and oxygen atoms in total. The van der Waals surface area contributed by atoms with Gasteiger partial charge in [0.25, 0.3) is 11.1 Å². The van der Waals surface area contributed by atoms with Crippen LogP contribution >= 0.6 is 11.8 Å². The summed E-state index contributed by atoms with van der Waals surface area (Å²) in [4.78, 5) is 40.7. The van der Waals surface area contributed by atoms with Gasteiger partial charge >= 0.3 is 0 Å². The minimum absolute atomic E-state index is 0.168. The Balaban J connectivity index is 1.72. The number of methoxy groups -OCH3 is 1. The molecule has 8 heteroatoms. The molecule has 2 aliphatic rings. The van der Waals surface area contributed by atoms with E-state index in [9.17, 15) is 14.4 Å². The lowest BCUT2D eigenvalue weighted by Crippen LogP contribution is -2.42. The van der Waals surface area contributed by atoms with Crippen LogP contribution in [0, 0.1) is 0 Å². The van der Waals surface area contributed by atoms with Crippen LogP contribution in [-0.2, 0) is 9.59 Å². The fourth-order valence-electron chi connectivity index (χ4n) is 3.39. The maximum absolute atomic E-state index is 12.7. The van der Waals surface area contributed by atoms with Crippen LogP contribution in [0.5, 0.6) is 11.5 Å². The highest BCUT2D eigenvalue weighted by Crippen LogP contribution is 2.34. The van der Waals surface area contributed by atoms with Gasteiger partial charge < -0.3 is 14.4 Å². The third-order valence-electron chi connectivity index (χ3n) is 4.91. The Morgan fingerprint density at radius 3 is 2.52 bits per heavy atom. The van der Waals surface area contributed by atoms with Gasteiger partial charge in [0.1, 0.15) is 6.54 Å². The van der Waals surface area contributed by atoms with E-state index in [2.05, 4.69) is 0 Å². The normalized spacial score (nSPS) is 18.9. The van der Waals surface area contributed by atoms with Crippen molar-refractivity contribution in [2.45, 2.75) is 32.6 Å². The molecule has 156 valence electrons. The Morgan fingerprint density at radius 2 is 1.86 bits per heavy atom. The first-order valence-electron chi connectivity index (χ1n) is 9.87. The van der Waals surface area contributed by atoms with Crippen LogP contribution in [0.25, 0.3) is 6.08 Å². The molecule has 0 radical (unpaired) electrons. The first-order valence-corrected chi connectivity index (χ1v) is 10.7. The highest BCUT2D eigenvalue weighted by atomic mass is 32.2. The number of amides is 3. The molecule has 3 amide bonds. The van der Waals surface area contributed by atoms with E-state index < -0.39 is 11.1 Å². The molecule has 1 aromatic carbocycles. The van der Waals surface area contributed by atoms with Crippen LogP contribution in [0.3, 0.4) is 0 Å². The summed E-state index contributed by atoms with van der Waals surface area (Å²) in [5.74, 6) is 0.564. The molecule has 2 heterocycles. The van der Waals surface area contributed by atoms with Crippen molar-refractivity contribution in [3.05, 3.63) is 28.7 Å². The van der Waals surface area contributed by atoms with Gasteiger partial charge in [0, 0.05) is 13.1 Å². The molecule has 0 unspecified atom stereocenters. The standard InChI is InChI=1S/C21H26N2O5S/c1-3-28-16-9-8-15(12-17(16)27-2)13-18-20(25)23(21(26)29-18)14-19(24)22-10-6-4-5-7-11-22/h8-9,12-13H,3-7,10-11,14H2,1-2H3. The minimum atomic E-state index is -0.434. The van der Waals surface area contributed by atoms with E-state index in [4.69, 9.17) is 9.47 Å². The Kier molecular flexibility index (Phi) is 7.19. The van der Waals surface area contributed by atoms with Crippen molar-refractivity contribution in [3.63, 3.8) is 0 Å². The molecule has 0 aliphatic carbocycles. The molecule has 2 aliphatic heterocycles. The SMILES string of the molecule is CCOc1ccc(C=C2SC(=O)N(CC(=O)N3CCCCCC3)C2=O)cc1OC. The number of rotatable bonds is 6. The van der Waals surface area contributed by atoms with Crippen molar-refractivity contribution < 1.29 is 23.9 Å². The van der Waals surface area contributed by atoms with Crippen molar-refractivity contribution in [1.29, 1.82) is 0 Å². The quantitative estimate of drug-likeness (QED) is 0.658. The molecule has 1 aromatic rings. The summed E-state index contributed by atoms with van der Waals surface area (Å²) in [5.41, 5.74) is 0.717. The smallest absolute Gasteiger partial charge is 0.294 e. The summed E-state index contributed by atoms with van der Waals surface area (Å²) in [6.45, 7) is 3.58. The summed E-state index contributed by atoms with van der Waals surface area (Å²) in [6.07, 6.45) is 5.79. The van der Waals surface area contributed by atoms with E-state index in [0.29, 0.717) is 36.1 Å². The molecule has 2 saturated heterocycles. The van der Waals surface area contributed by atoms with Crippen LogP contribution in [0.15, 0.2) is 23.1 Å². The largest absolute Gasteiger partial charge is 0.493 e. The first-order chi connectivity index (χ1) is 14.0. The third kappa shape index (κ3) is 5.12. The lowest BCUT2D eigenvalue weighted by molar-refractivity contribution is -0.135. The van der Waals surface area contributed by atoms with E-state index in [-0.39, 0.29) is 12.5 Å². The van der Waals surface area contributed by atoms with Gasteiger partial charge in [0.2, 0.25) is 5.91 Å². The van der Waals surface area contributed by atoms with Gasteiger partial charge in [0.15, 0.2) is 11.5 Å². The zero-order chi connectivity index (χ0) is 20.8. The van der Waals surface area contributed by atoms with Crippen LogP contribution in [0.2, 0.25) is 0 Å². The lowest BCUT2D eigenvalue weighted by Gasteiger charge is -2.22. The number of ether oxygens (including phenoxy) is 2. The van der Waals surface area contributed by atoms with Crippen molar-refractivity contribution in [3.8, 4) is 11.5 Å². The molecule has 0 bridgehead atoms. The maximum Gasteiger partial charge on any atom is 0.294 e. The second-order valence-corrected chi connectivity index (χ2v) is 7.90. The van der Waals surface area contributed by atoms with Gasteiger partial charge in [-0.1, -0.05) is 18.9 Å². The average molecular weight is 419 g/mol. The fourth-order valence-corrected chi connectivity index (χ4v) is 4.23. The second kappa shape index (κ2) is 9.82. The average Bonchev–Trinajstić information content (AvgIpc) is 2.91. The summed E-state index contributed by atoms with van der Waals surface area (Å²) < 4.78 is 10.8. The zero-order valence-electron chi connectivity index (χ0n) is 16.8. The number of nitrogens with zero attached hydrogens (tertiary/aromatic N) is 2. The first kappa shape index (κ1) is 21.2. The maximum atomic E-state index is 12.7. The number of benzene rings is 1. The Morgan fingerprint density at radius 1 is 1.14 bits per heavy atom. The fraction of sp³-hybridized carbons (Fsp3) is 0.476. The molecule has 0 saturated carbocycles. The monoisotopic (exact) mass is 418 g/mol. The second-order valence-electron chi connectivity index (χ2n) is 6.91. The molecular formula is C21H26N2O5S. The predicted molar refractivity (Wildman–Crippen MR) is 112 cm³/mol. The van der Waals surface area contributed by atoms with Crippen LogP contribution in [0.4, 0.5) is 4.79 Å². The Labute approximate surface area is 175 Å². The minimum Gasteiger partial charge on any atom is -0.493 e. The number of imide groups is 1. The molecule has 0 atom stereocenters. The predicted octanol–water partition coefficient (Wildman–Crippen LogP) is 3.53. The molecule has 29 heavy (non-hydrogen) atoms. The number of likely N-dealkylation sites (tertiary alicyclic amines) is 1. The highest BCUT2D eigenvalue weighted by molar-refractivity contribution is 8.18.